The summed E-state index contributed by atoms with van der Waals surface area (Å²) in [6, 6.07) is 22.3. The third-order valence-electron chi connectivity index (χ3n) is 7.56. The third-order valence-corrected chi connectivity index (χ3v) is 7.56. The van der Waals surface area contributed by atoms with Gasteiger partial charge in [-0.3, -0.25) is 4.57 Å². The van der Waals surface area contributed by atoms with E-state index in [1.165, 1.54) is 0 Å². The predicted octanol–water partition coefficient (Wildman–Crippen LogP) is 6.07. The van der Waals surface area contributed by atoms with Gasteiger partial charge in [-0.2, -0.15) is 0 Å². The van der Waals surface area contributed by atoms with Gasteiger partial charge in [-0.25, -0.2) is 19.1 Å². The van der Waals surface area contributed by atoms with Crippen molar-refractivity contribution >= 4 is 17.0 Å². The highest BCUT2D eigenvalue weighted by atomic mass is 16.7. The number of hydrogen-bond donors (Lipinski definition) is 1. The van der Waals surface area contributed by atoms with Crippen molar-refractivity contribution in [3.05, 3.63) is 112 Å². The van der Waals surface area contributed by atoms with Crippen molar-refractivity contribution < 1.29 is 24.1 Å². The highest BCUT2D eigenvalue weighted by Crippen LogP contribution is 2.38. The van der Waals surface area contributed by atoms with Crippen molar-refractivity contribution in [2.45, 2.75) is 52.2 Å². The minimum absolute atomic E-state index is 0.101. The first kappa shape index (κ1) is 28.1. The first-order valence-corrected chi connectivity index (χ1v) is 14.5. The smallest absolute Gasteiger partial charge is 0.349 e. The van der Waals surface area contributed by atoms with Crippen molar-refractivity contribution in [2.24, 2.45) is 0 Å². The summed E-state index contributed by atoms with van der Waals surface area (Å²) >= 11 is 0. The second-order valence-electron chi connectivity index (χ2n) is 10.6. The van der Waals surface area contributed by atoms with E-state index in [9.17, 15) is 14.7 Å². The highest BCUT2D eigenvalue weighted by molar-refractivity contribution is 5.78. The van der Waals surface area contributed by atoms with E-state index < -0.39 is 12.1 Å². The number of nitrogens with zero attached hydrogens (tertiary/aromatic N) is 3. The lowest BCUT2D eigenvalue weighted by Crippen LogP contribution is -2.24. The molecule has 0 aliphatic carbocycles. The number of carboxylic acids is 1. The van der Waals surface area contributed by atoms with Crippen LogP contribution in [0.4, 0.5) is 0 Å². The van der Waals surface area contributed by atoms with E-state index in [1.54, 1.807) is 33.5 Å². The number of ether oxygens (including phenoxy) is 3. The zero-order chi connectivity index (χ0) is 29.9. The van der Waals surface area contributed by atoms with Crippen LogP contribution in [0.15, 0.2) is 83.8 Å². The number of aliphatic carboxylic acids is 1. The molecular formula is C34H33N3O6. The number of benzene rings is 3. The molecule has 9 nitrogen and oxygen atoms in total. The van der Waals surface area contributed by atoms with Crippen LogP contribution >= 0.6 is 0 Å². The Morgan fingerprint density at radius 2 is 1.63 bits per heavy atom. The van der Waals surface area contributed by atoms with Crippen molar-refractivity contribution in [2.75, 3.05) is 6.79 Å². The summed E-state index contributed by atoms with van der Waals surface area (Å²) in [7, 11) is 0. The van der Waals surface area contributed by atoms with Gasteiger partial charge in [0.2, 0.25) is 12.9 Å². The number of aromatic nitrogens is 3. The summed E-state index contributed by atoms with van der Waals surface area (Å²) in [5, 5.41) is 10.2. The molecule has 6 rings (SSSR count). The molecule has 1 atom stereocenters. The lowest BCUT2D eigenvalue weighted by atomic mass is 9.97. The molecule has 0 radical (unpaired) electrons. The fourth-order valence-corrected chi connectivity index (χ4v) is 5.69. The van der Waals surface area contributed by atoms with Crippen LogP contribution in [0.2, 0.25) is 0 Å². The summed E-state index contributed by atoms with van der Waals surface area (Å²) in [6.45, 7) is 4.60. The zero-order valence-corrected chi connectivity index (χ0v) is 24.2. The van der Waals surface area contributed by atoms with Gasteiger partial charge < -0.3 is 19.3 Å². The molecule has 0 fully saturated rings. The standard InChI is InChI=1S/C34H33N3O6/c1-3-9-23-17-22(20-36-26-11-5-6-12-27(26)37(34(36)40)30-13-7-8-16-35-30)18-24(10-4-2)31(23)43-32(33(38)39)25-14-15-28-29(19-25)42-21-41-28/h5-8,11-19,32H,3-4,9-10,20-21H2,1-2H3,(H,38,39). The van der Waals surface area contributed by atoms with E-state index in [-0.39, 0.29) is 12.5 Å². The molecule has 1 aliphatic rings. The maximum absolute atomic E-state index is 13.8. The van der Waals surface area contributed by atoms with Crippen LogP contribution in [0.3, 0.4) is 0 Å². The Morgan fingerprint density at radius 3 is 2.30 bits per heavy atom. The molecule has 43 heavy (non-hydrogen) atoms. The number of hydrogen-bond acceptors (Lipinski definition) is 6. The Kier molecular flexibility index (Phi) is 7.87. The van der Waals surface area contributed by atoms with E-state index in [2.05, 4.69) is 18.8 Å². The van der Waals surface area contributed by atoms with E-state index in [4.69, 9.17) is 14.2 Å². The molecule has 9 heteroatoms. The van der Waals surface area contributed by atoms with Crippen LogP contribution in [-0.4, -0.2) is 32.0 Å². The summed E-state index contributed by atoms with van der Waals surface area (Å²) in [5.41, 5.74) is 4.65. The van der Waals surface area contributed by atoms with Gasteiger partial charge >= 0.3 is 11.7 Å². The molecule has 3 aromatic carbocycles. The van der Waals surface area contributed by atoms with Gasteiger partial charge in [0.1, 0.15) is 11.6 Å². The SMILES string of the molecule is CCCc1cc(Cn2c(=O)n(-c3ccccn3)c3ccccc32)cc(CCC)c1OC(C(=O)O)c1ccc2c(c1)OCO2. The normalized spacial score (nSPS) is 12.9. The molecule has 0 spiro atoms. The largest absolute Gasteiger partial charge is 0.478 e. The molecule has 1 N–H and O–H groups in total. The number of pyridine rings is 1. The molecule has 3 heterocycles. The average molecular weight is 580 g/mol. The molecule has 1 aliphatic heterocycles. The Bertz CT molecular complexity index is 1820. The second kappa shape index (κ2) is 12.1. The number of para-hydroxylation sites is 2. The monoisotopic (exact) mass is 579 g/mol. The Labute approximate surface area is 248 Å². The van der Waals surface area contributed by atoms with Crippen LogP contribution in [0.1, 0.15) is 55.0 Å². The quantitative estimate of drug-likeness (QED) is 0.202. The van der Waals surface area contributed by atoms with Crippen LogP contribution in [-0.2, 0) is 24.2 Å². The minimum atomic E-state index is -1.23. The minimum Gasteiger partial charge on any atom is -0.478 e. The predicted molar refractivity (Wildman–Crippen MR) is 162 cm³/mol. The van der Waals surface area contributed by atoms with E-state index in [0.29, 0.717) is 48.0 Å². The first-order chi connectivity index (χ1) is 21.0. The Balaban J connectivity index is 1.42. The number of carboxylic acid groups (broad SMARTS) is 1. The Morgan fingerprint density at radius 1 is 0.930 bits per heavy atom. The van der Waals surface area contributed by atoms with Gasteiger partial charge in [-0.05, 0) is 65.9 Å². The number of fused-ring (bicyclic) bond motifs is 2. The van der Waals surface area contributed by atoms with Crippen LogP contribution in [0.25, 0.3) is 16.9 Å². The highest BCUT2D eigenvalue weighted by Gasteiger charge is 2.27. The molecule has 0 saturated heterocycles. The maximum Gasteiger partial charge on any atom is 0.349 e. The van der Waals surface area contributed by atoms with E-state index in [0.717, 1.165) is 40.6 Å². The summed E-state index contributed by atoms with van der Waals surface area (Å²) < 4.78 is 20.7. The summed E-state index contributed by atoms with van der Waals surface area (Å²) in [5.74, 6) is 1.13. The molecule has 5 aromatic rings. The number of rotatable bonds is 11. The number of carbonyl (C=O) groups is 1. The summed E-state index contributed by atoms with van der Waals surface area (Å²) in [6.07, 6.45) is 3.51. The molecule has 2 aromatic heterocycles. The van der Waals surface area contributed by atoms with Gasteiger partial charge in [0.25, 0.3) is 0 Å². The van der Waals surface area contributed by atoms with Gasteiger partial charge in [0.15, 0.2) is 11.5 Å². The van der Waals surface area contributed by atoms with Crippen molar-refractivity contribution in [1.82, 2.24) is 14.1 Å². The lowest BCUT2D eigenvalue weighted by Gasteiger charge is -2.22. The fraction of sp³-hybridized carbons (Fsp3) is 0.265. The number of imidazole rings is 1. The fourth-order valence-electron chi connectivity index (χ4n) is 5.69. The van der Waals surface area contributed by atoms with Gasteiger partial charge in [-0.1, -0.05) is 63.1 Å². The maximum atomic E-state index is 13.8. The van der Waals surface area contributed by atoms with Crippen LogP contribution in [0.5, 0.6) is 17.2 Å². The molecule has 1 unspecified atom stereocenters. The van der Waals surface area contributed by atoms with E-state index >= 15 is 0 Å². The van der Waals surface area contributed by atoms with E-state index in [1.807, 2.05) is 54.6 Å². The molecule has 0 saturated carbocycles. The Hall–Kier alpha value is -5.05. The number of aryl methyl sites for hydroxylation is 2. The topological polar surface area (TPSA) is 105 Å². The van der Waals surface area contributed by atoms with Crippen LogP contribution < -0.4 is 19.9 Å². The lowest BCUT2D eigenvalue weighted by molar-refractivity contribution is -0.145. The molecule has 0 amide bonds. The molecular weight excluding hydrogens is 546 g/mol. The molecule has 220 valence electrons. The van der Waals surface area contributed by atoms with Gasteiger partial charge in [-0.15, -0.1) is 0 Å². The second-order valence-corrected chi connectivity index (χ2v) is 10.6. The summed E-state index contributed by atoms with van der Waals surface area (Å²) in [4.78, 5) is 30.7. The average Bonchev–Trinajstić information content (AvgIpc) is 3.59. The van der Waals surface area contributed by atoms with Gasteiger partial charge in [0, 0.05) is 11.8 Å². The zero-order valence-electron chi connectivity index (χ0n) is 24.2. The van der Waals surface area contributed by atoms with Crippen molar-refractivity contribution in [3.8, 4) is 23.1 Å². The van der Waals surface area contributed by atoms with Crippen LogP contribution in [0, 0.1) is 0 Å². The van der Waals surface area contributed by atoms with Gasteiger partial charge in [0.05, 0.1) is 17.6 Å². The molecule has 0 bridgehead atoms. The first-order valence-electron chi connectivity index (χ1n) is 14.5. The van der Waals surface area contributed by atoms with Crippen molar-refractivity contribution in [1.29, 1.82) is 0 Å². The van der Waals surface area contributed by atoms with Crippen molar-refractivity contribution in [3.63, 3.8) is 0 Å². The third kappa shape index (κ3) is 5.46.